The molecule has 3 heteroatoms. The van der Waals surface area contributed by atoms with Crippen LogP contribution >= 0.6 is 0 Å². The molecule has 0 saturated heterocycles. The maximum absolute atomic E-state index is 14.7. The fraction of sp³-hybridized carbons (Fsp3) is 0.429. The van der Waals surface area contributed by atoms with Crippen LogP contribution in [0.3, 0.4) is 0 Å². The van der Waals surface area contributed by atoms with Crippen molar-refractivity contribution in [2.75, 3.05) is 0 Å². The smallest absolute Gasteiger partial charge is 0.159 e. The number of unbranched alkanes of at least 4 members (excludes halogenated alkanes) is 6. The van der Waals surface area contributed by atoms with Gasteiger partial charge in [-0.1, -0.05) is 88.8 Å². The van der Waals surface area contributed by atoms with Crippen LogP contribution in [0.15, 0.2) is 54.9 Å². The van der Waals surface area contributed by atoms with Crippen LogP contribution in [0.1, 0.15) is 76.3 Å². The highest BCUT2D eigenvalue weighted by Crippen LogP contribution is 2.26. The molecule has 164 valence electrons. The Bertz CT molecular complexity index is 917. The monoisotopic (exact) mass is 418 g/mol. The summed E-state index contributed by atoms with van der Waals surface area (Å²) in [5.74, 6) is 0.564. The molecule has 31 heavy (non-hydrogen) atoms. The molecule has 3 aromatic rings. The molecule has 3 rings (SSSR count). The van der Waals surface area contributed by atoms with Crippen molar-refractivity contribution in [2.45, 2.75) is 78.1 Å². The average Bonchev–Trinajstić information content (AvgIpc) is 2.80. The van der Waals surface area contributed by atoms with E-state index in [9.17, 15) is 4.39 Å². The number of hydrogen-bond donors (Lipinski definition) is 0. The first-order valence-corrected chi connectivity index (χ1v) is 11.9. The summed E-state index contributed by atoms with van der Waals surface area (Å²) in [6.07, 6.45) is 15.7. The van der Waals surface area contributed by atoms with E-state index >= 15 is 0 Å². The first-order chi connectivity index (χ1) is 15.2. The fourth-order valence-corrected chi connectivity index (χ4v) is 3.89. The molecule has 0 unspecified atom stereocenters. The molecule has 1 heterocycles. The number of aromatic nitrogens is 2. The number of hydrogen-bond acceptors (Lipinski definition) is 2. The van der Waals surface area contributed by atoms with Crippen LogP contribution in [-0.2, 0) is 12.8 Å². The molecule has 1 aromatic heterocycles. The number of benzene rings is 2. The quantitative estimate of drug-likeness (QED) is 0.277. The predicted molar refractivity (Wildman–Crippen MR) is 129 cm³/mol. The van der Waals surface area contributed by atoms with Gasteiger partial charge in [-0.25, -0.2) is 14.4 Å². The summed E-state index contributed by atoms with van der Waals surface area (Å²) in [7, 11) is 0. The lowest BCUT2D eigenvalue weighted by atomic mass is 9.99. The van der Waals surface area contributed by atoms with Crippen LogP contribution in [0.5, 0.6) is 0 Å². The molecule has 0 aliphatic heterocycles. The third-order valence-corrected chi connectivity index (χ3v) is 5.83. The lowest BCUT2D eigenvalue weighted by molar-refractivity contribution is 0.626. The van der Waals surface area contributed by atoms with Crippen molar-refractivity contribution >= 4 is 0 Å². The molecule has 0 bridgehead atoms. The summed E-state index contributed by atoms with van der Waals surface area (Å²) in [6, 6.07) is 13.5. The second-order valence-corrected chi connectivity index (χ2v) is 8.43. The molecule has 0 radical (unpaired) electrons. The van der Waals surface area contributed by atoms with Gasteiger partial charge >= 0.3 is 0 Å². The maximum Gasteiger partial charge on any atom is 0.159 e. The lowest BCUT2D eigenvalue weighted by Gasteiger charge is -2.08. The zero-order valence-corrected chi connectivity index (χ0v) is 19.0. The van der Waals surface area contributed by atoms with Gasteiger partial charge in [0.2, 0.25) is 0 Å². The van der Waals surface area contributed by atoms with Crippen LogP contribution in [-0.4, -0.2) is 9.97 Å². The van der Waals surface area contributed by atoms with Crippen LogP contribution < -0.4 is 0 Å². The zero-order chi connectivity index (χ0) is 21.9. The predicted octanol–water partition coefficient (Wildman–Crippen LogP) is 8.20. The first kappa shape index (κ1) is 23.1. The maximum atomic E-state index is 14.7. The Balaban J connectivity index is 1.61. The second-order valence-electron chi connectivity index (χ2n) is 8.43. The van der Waals surface area contributed by atoms with E-state index in [1.165, 1.54) is 50.5 Å². The summed E-state index contributed by atoms with van der Waals surface area (Å²) in [4.78, 5) is 9.09. The Hall–Kier alpha value is -2.55. The number of halogens is 1. The third-order valence-electron chi connectivity index (χ3n) is 5.83. The minimum atomic E-state index is -0.152. The number of rotatable bonds is 12. The molecule has 0 fully saturated rings. The fourth-order valence-electron chi connectivity index (χ4n) is 3.89. The molecule has 0 aliphatic carbocycles. The molecule has 0 atom stereocenters. The van der Waals surface area contributed by atoms with Gasteiger partial charge in [0.1, 0.15) is 5.82 Å². The molecule has 0 N–H and O–H groups in total. The van der Waals surface area contributed by atoms with Gasteiger partial charge in [-0.15, -0.1) is 0 Å². The van der Waals surface area contributed by atoms with Crippen molar-refractivity contribution in [3.8, 4) is 22.5 Å². The van der Waals surface area contributed by atoms with Crippen LogP contribution in [0, 0.1) is 5.82 Å². The minimum Gasteiger partial charge on any atom is -0.236 e. The van der Waals surface area contributed by atoms with Crippen molar-refractivity contribution in [3.63, 3.8) is 0 Å². The van der Waals surface area contributed by atoms with Gasteiger partial charge in [0.25, 0.3) is 0 Å². The molecular formula is C28H35FN2. The van der Waals surface area contributed by atoms with E-state index in [4.69, 9.17) is 0 Å². The van der Waals surface area contributed by atoms with Gasteiger partial charge in [0.15, 0.2) is 5.82 Å². The Morgan fingerprint density at radius 1 is 0.645 bits per heavy atom. The first-order valence-electron chi connectivity index (χ1n) is 11.9. The summed E-state index contributed by atoms with van der Waals surface area (Å²) < 4.78 is 14.7. The van der Waals surface area contributed by atoms with Crippen LogP contribution in [0.25, 0.3) is 22.5 Å². The highest BCUT2D eigenvalue weighted by atomic mass is 19.1. The van der Waals surface area contributed by atoms with E-state index in [-0.39, 0.29) is 5.82 Å². The third kappa shape index (κ3) is 6.99. The van der Waals surface area contributed by atoms with Gasteiger partial charge in [-0.3, -0.25) is 0 Å². The molecule has 2 aromatic carbocycles. The van der Waals surface area contributed by atoms with E-state index in [1.807, 2.05) is 48.8 Å². The van der Waals surface area contributed by atoms with Crippen molar-refractivity contribution < 1.29 is 4.39 Å². The summed E-state index contributed by atoms with van der Waals surface area (Å²) in [5, 5.41) is 0. The van der Waals surface area contributed by atoms with E-state index in [1.54, 1.807) is 6.07 Å². The van der Waals surface area contributed by atoms with E-state index < -0.39 is 0 Å². The SMILES string of the molecule is CCCCCCCc1cnc(-c2ccc(-c3ccc(CCCCC)cc3F)cc2)nc1. The largest absolute Gasteiger partial charge is 0.236 e. The van der Waals surface area contributed by atoms with Crippen molar-refractivity contribution in [2.24, 2.45) is 0 Å². The van der Waals surface area contributed by atoms with Gasteiger partial charge in [0, 0.05) is 23.5 Å². The Kier molecular flexibility index (Phi) is 9.20. The van der Waals surface area contributed by atoms with Gasteiger partial charge in [0.05, 0.1) is 0 Å². The minimum absolute atomic E-state index is 0.152. The number of nitrogens with zero attached hydrogens (tertiary/aromatic N) is 2. The second kappa shape index (κ2) is 12.3. The Labute approximate surface area is 187 Å². The summed E-state index contributed by atoms with van der Waals surface area (Å²) >= 11 is 0. The molecule has 2 nitrogen and oxygen atoms in total. The lowest BCUT2D eigenvalue weighted by Crippen LogP contribution is -1.94. The molecular weight excluding hydrogens is 383 g/mol. The topological polar surface area (TPSA) is 25.8 Å². The van der Waals surface area contributed by atoms with Crippen molar-refractivity contribution in [3.05, 3.63) is 71.8 Å². The van der Waals surface area contributed by atoms with E-state index in [0.717, 1.165) is 36.0 Å². The van der Waals surface area contributed by atoms with Crippen LogP contribution in [0.2, 0.25) is 0 Å². The van der Waals surface area contributed by atoms with Gasteiger partial charge in [-0.2, -0.15) is 0 Å². The normalized spacial score (nSPS) is 11.1. The van der Waals surface area contributed by atoms with E-state index in [0.29, 0.717) is 11.4 Å². The number of aryl methyl sites for hydroxylation is 2. The Morgan fingerprint density at radius 3 is 1.90 bits per heavy atom. The molecule has 0 aliphatic rings. The Morgan fingerprint density at radius 2 is 1.23 bits per heavy atom. The zero-order valence-electron chi connectivity index (χ0n) is 19.0. The summed E-state index contributed by atoms with van der Waals surface area (Å²) in [5.41, 5.74) is 4.74. The highest BCUT2D eigenvalue weighted by molar-refractivity contribution is 5.68. The molecule has 0 spiro atoms. The van der Waals surface area contributed by atoms with Crippen molar-refractivity contribution in [1.82, 2.24) is 9.97 Å². The summed E-state index contributed by atoms with van der Waals surface area (Å²) in [6.45, 7) is 4.42. The highest BCUT2D eigenvalue weighted by Gasteiger charge is 2.08. The van der Waals surface area contributed by atoms with Gasteiger partial charge in [-0.05, 0) is 48.4 Å². The molecule has 0 saturated carbocycles. The standard InChI is InChI=1S/C28H35FN2/c1-3-5-7-8-10-12-23-20-30-28(31-21-23)25-16-14-24(15-17-25)26-18-13-22(19-27(26)29)11-9-6-4-2/h13-21H,3-12H2,1-2H3. The average molecular weight is 419 g/mol. The molecule has 0 amide bonds. The van der Waals surface area contributed by atoms with Crippen molar-refractivity contribution in [1.29, 1.82) is 0 Å². The van der Waals surface area contributed by atoms with E-state index in [2.05, 4.69) is 23.8 Å². The van der Waals surface area contributed by atoms with Crippen LogP contribution in [0.4, 0.5) is 4.39 Å². The van der Waals surface area contributed by atoms with Gasteiger partial charge < -0.3 is 0 Å².